The van der Waals surface area contributed by atoms with E-state index >= 15 is 0 Å². The second-order valence-corrected chi connectivity index (χ2v) is 6.45. The minimum atomic E-state index is -0.682. The summed E-state index contributed by atoms with van der Waals surface area (Å²) in [6.45, 7) is 1.82. The van der Waals surface area contributed by atoms with Gasteiger partial charge in [0.2, 0.25) is 5.82 Å². The van der Waals surface area contributed by atoms with Crippen LogP contribution < -0.4 is 10.1 Å². The number of nitrogens with one attached hydrogen (secondary N) is 1. The Bertz CT molecular complexity index is 1330. The Morgan fingerprint density at radius 3 is 2.55 bits per heavy atom. The fraction of sp³-hybridized carbons (Fsp3) is 0.0500. The number of hydrogen-bond donors (Lipinski definition) is 1. The van der Waals surface area contributed by atoms with Crippen LogP contribution in [0.15, 0.2) is 60.9 Å². The molecule has 4 rings (SSSR count). The number of aryl methyl sites for hydroxylation is 1. The van der Waals surface area contributed by atoms with Gasteiger partial charge >= 0.3 is 11.6 Å². The maximum absolute atomic E-state index is 11.8. The van der Waals surface area contributed by atoms with E-state index in [-0.39, 0.29) is 23.1 Å². The molecule has 2 aromatic carbocycles. The molecule has 0 spiro atoms. The van der Waals surface area contributed by atoms with Crippen molar-refractivity contribution in [2.45, 2.75) is 6.92 Å². The highest BCUT2D eigenvalue weighted by Crippen LogP contribution is 2.37. The smallest absolute Gasteiger partial charge is 0.373 e. The third-order valence-corrected chi connectivity index (χ3v) is 4.32. The topological polar surface area (TPSA) is 146 Å². The van der Waals surface area contributed by atoms with Gasteiger partial charge in [-0.15, -0.1) is 0 Å². The van der Waals surface area contributed by atoms with E-state index in [0.717, 1.165) is 17.4 Å². The third-order valence-electron chi connectivity index (χ3n) is 4.32. The van der Waals surface area contributed by atoms with Crippen LogP contribution in [0.25, 0.3) is 10.9 Å². The van der Waals surface area contributed by atoms with E-state index in [1.807, 2.05) is 25.1 Å². The number of ether oxygens (including phenoxy) is 1. The first-order valence-electron chi connectivity index (χ1n) is 8.97. The first-order valence-corrected chi connectivity index (χ1v) is 8.97. The second-order valence-electron chi connectivity index (χ2n) is 6.45. The van der Waals surface area contributed by atoms with Gasteiger partial charge in [0.25, 0.3) is 5.69 Å². The van der Waals surface area contributed by atoms with Gasteiger partial charge in [-0.05, 0) is 25.1 Å². The van der Waals surface area contributed by atoms with E-state index in [0.29, 0.717) is 11.3 Å². The molecule has 0 aliphatic rings. The summed E-state index contributed by atoms with van der Waals surface area (Å²) in [5, 5.41) is 26.3. The van der Waals surface area contributed by atoms with Gasteiger partial charge in [0, 0.05) is 28.9 Å². The molecule has 2 aromatic heterocycles. The summed E-state index contributed by atoms with van der Waals surface area (Å²) in [6.07, 6.45) is 1.10. The number of para-hydroxylation sites is 1. The van der Waals surface area contributed by atoms with Crippen LogP contribution in [-0.4, -0.2) is 24.8 Å². The van der Waals surface area contributed by atoms with Crippen LogP contribution in [0.1, 0.15) is 5.69 Å². The predicted octanol–water partition coefficient (Wildman–Crippen LogP) is 4.69. The molecule has 154 valence electrons. The molecule has 0 bridgehead atoms. The average Bonchev–Trinajstić information content (AvgIpc) is 2.74. The number of pyridine rings is 1. The normalized spacial score (nSPS) is 10.6. The van der Waals surface area contributed by atoms with Crippen molar-refractivity contribution in [1.29, 1.82) is 0 Å². The molecule has 0 unspecified atom stereocenters. The average molecular weight is 418 g/mol. The number of aromatic nitrogens is 3. The quantitative estimate of drug-likeness (QED) is 0.348. The lowest BCUT2D eigenvalue weighted by atomic mass is 10.2. The van der Waals surface area contributed by atoms with Crippen molar-refractivity contribution in [3.63, 3.8) is 0 Å². The molecule has 11 heteroatoms. The Labute approximate surface area is 174 Å². The lowest BCUT2D eigenvalue weighted by molar-refractivity contribution is -0.385. The molecule has 4 aromatic rings. The van der Waals surface area contributed by atoms with Crippen molar-refractivity contribution in [1.82, 2.24) is 15.0 Å². The first-order chi connectivity index (χ1) is 14.9. The molecule has 11 nitrogen and oxygen atoms in total. The highest BCUT2D eigenvalue weighted by Gasteiger charge is 2.26. The van der Waals surface area contributed by atoms with Crippen molar-refractivity contribution in [3.8, 4) is 11.6 Å². The van der Waals surface area contributed by atoms with Crippen molar-refractivity contribution in [3.05, 3.63) is 86.8 Å². The van der Waals surface area contributed by atoms with E-state index in [9.17, 15) is 20.2 Å². The molecule has 0 amide bonds. The molecule has 0 saturated heterocycles. The summed E-state index contributed by atoms with van der Waals surface area (Å²) in [6, 6.07) is 14.5. The number of rotatable bonds is 6. The number of nitrogens with zero attached hydrogens (tertiary/aromatic N) is 5. The zero-order valence-electron chi connectivity index (χ0n) is 16.1. The number of non-ortho nitro benzene ring substituents is 1. The zero-order chi connectivity index (χ0) is 22.0. The van der Waals surface area contributed by atoms with Crippen molar-refractivity contribution in [2.75, 3.05) is 5.32 Å². The Balaban J connectivity index is 1.75. The first kappa shape index (κ1) is 19.6. The molecule has 0 radical (unpaired) electrons. The largest absolute Gasteiger partial charge is 0.431 e. The second kappa shape index (κ2) is 7.99. The highest BCUT2D eigenvalue weighted by atomic mass is 16.6. The molecule has 31 heavy (non-hydrogen) atoms. The summed E-state index contributed by atoms with van der Waals surface area (Å²) >= 11 is 0. The maximum Gasteiger partial charge on any atom is 0.373 e. The fourth-order valence-electron chi connectivity index (χ4n) is 2.93. The lowest BCUT2D eigenvalue weighted by Gasteiger charge is -2.11. The molecular formula is C20H14N6O5. The molecule has 2 heterocycles. The molecule has 1 N–H and O–H groups in total. The van der Waals surface area contributed by atoms with Crippen LogP contribution in [0.2, 0.25) is 0 Å². The monoisotopic (exact) mass is 418 g/mol. The van der Waals surface area contributed by atoms with E-state index < -0.39 is 15.5 Å². The van der Waals surface area contributed by atoms with E-state index in [2.05, 4.69) is 20.3 Å². The number of nitro benzene ring substituents is 1. The summed E-state index contributed by atoms with van der Waals surface area (Å²) in [5.74, 6) is -0.159. The van der Waals surface area contributed by atoms with E-state index in [4.69, 9.17) is 4.74 Å². The van der Waals surface area contributed by atoms with Crippen LogP contribution in [0.5, 0.6) is 11.6 Å². The van der Waals surface area contributed by atoms with Gasteiger partial charge in [-0.2, -0.15) is 4.98 Å². The summed E-state index contributed by atoms with van der Waals surface area (Å²) in [7, 11) is 0. The zero-order valence-corrected chi connectivity index (χ0v) is 16.1. The van der Waals surface area contributed by atoms with E-state index in [1.165, 1.54) is 24.3 Å². The molecule has 0 fully saturated rings. The van der Waals surface area contributed by atoms with Gasteiger partial charge in [-0.3, -0.25) is 20.2 Å². The molecular weight excluding hydrogens is 404 g/mol. The standard InChI is InChI=1S/C20H14N6O5/c1-12-8-9-13-4-2-7-16(17(13)23-12)31-20-18(26(29)30)19(21-11-22-20)24-14-5-3-6-15(10-14)25(27)28/h2-11H,1H3,(H,21,22,24). The van der Waals surface area contributed by atoms with Crippen molar-refractivity contribution >= 4 is 33.8 Å². The molecule has 0 saturated carbocycles. The Kier molecular flexibility index (Phi) is 5.06. The van der Waals surface area contributed by atoms with Gasteiger partial charge in [-0.1, -0.05) is 24.3 Å². The number of hydrogen-bond acceptors (Lipinski definition) is 9. The lowest BCUT2D eigenvalue weighted by Crippen LogP contribution is -2.04. The summed E-state index contributed by atoms with van der Waals surface area (Å²) in [5.41, 5.74) is 0.857. The number of anilines is 2. The van der Waals surface area contributed by atoms with Crippen LogP contribution in [0.4, 0.5) is 22.9 Å². The Morgan fingerprint density at radius 2 is 1.77 bits per heavy atom. The summed E-state index contributed by atoms with van der Waals surface area (Å²) in [4.78, 5) is 33.8. The third kappa shape index (κ3) is 4.05. The Morgan fingerprint density at radius 1 is 0.968 bits per heavy atom. The van der Waals surface area contributed by atoms with Gasteiger partial charge in [0.15, 0.2) is 5.75 Å². The highest BCUT2D eigenvalue weighted by molar-refractivity contribution is 5.85. The van der Waals surface area contributed by atoms with Gasteiger partial charge < -0.3 is 10.1 Å². The summed E-state index contributed by atoms with van der Waals surface area (Å²) < 4.78 is 5.78. The molecule has 0 aliphatic heterocycles. The van der Waals surface area contributed by atoms with E-state index in [1.54, 1.807) is 12.1 Å². The Hall–Kier alpha value is -4.67. The van der Waals surface area contributed by atoms with Crippen molar-refractivity contribution in [2.24, 2.45) is 0 Å². The van der Waals surface area contributed by atoms with Crippen LogP contribution in [-0.2, 0) is 0 Å². The SMILES string of the molecule is Cc1ccc2cccc(Oc3ncnc(Nc4cccc([N+](=O)[O-])c4)c3[N+](=O)[O-])c2n1. The fourth-order valence-corrected chi connectivity index (χ4v) is 2.93. The maximum atomic E-state index is 11.8. The number of fused-ring (bicyclic) bond motifs is 1. The minimum Gasteiger partial charge on any atom is -0.431 e. The van der Waals surface area contributed by atoms with Crippen LogP contribution in [0, 0.1) is 27.2 Å². The van der Waals surface area contributed by atoms with Crippen molar-refractivity contribution < 1.29 is 14.6 Å². The van der Waals surface area contributed by atoms with Crippen LogP contribution >= 0.6 is 0 Å². The van der Waals surface area contributed by atoms with Gasteiger partial charge in [-0.25, -0.2) is 9.97 Å². The molecule has 0 aliphatic carbocycles. The number of benzene rings is 2. The predicted molar refractivity (Wildman–Crippen MR) is 112 cm³/mol. The van der Waals surface area contributed by atoms with Crippen LogP contribution in [0.3, 0.4) is 0 Å². The van der Waals surface area contributed by atoms with Gasteiger partial charge in [0.05, 0.1) is 9.85 Å². The minimum absolute atomic E-state index is 0.167. The molecule has 0 atom stereocenters. The number of nitro groups is 2. The van der Waals surface area contributed by atoms with Gasteiger partial charge in [0.1, 0.15) is 11.8 Å².